The molecule has 9 heteroatoms. The van der Waals surface area contributed by atoms with Gasteiger partial charge in [-0.05, 0) is 30.7 Å². The van der Waals surface area contributed by atoms with E-state index in [0.29, 0.717) is 34.7 Å². The van der Waals surface area contributed by atoms with Crippen LogP contribution >= 0.6 is 23.4 Å². The lowest BCUT2D eigenvalue weighted by Crippen LogP contribution is -2.17. The Bertz CT molecular complexity index is 689. The molecule has 136 valence electrons. The van der Waals surface area contributed by atoms with Crippen LogP contribution in [0.5, 0.6) is 0 Å². The van der Waals surface area contributed by atoms with Crippen LogP contribution in [-0.2, 0) is 11.3 Å². The van der Waals surface area contributed by atoms with Crippen LogP contribution in [0, 0.1) is 0 Å². The Morgan fingerprint density at radius 3 is 2.60 bits per heavy atom. The maximum atomic E-state index is 12.0. The second-order valence-corrected chi connectivity index (χ2v) is 6.58. The van der Waals surface area contributed by atoms with Crippen LogP contribution < -0.4 is 0 Å². The first kappa shape index (κ1) is 19.8. The highest BCUT2D eigenvalue weighted by molar-refractivity contribution is 7.99. The van der Waals surface area contributed by atoms with Crippen molar-refractivity contribution in [1.29, 1.82) is 0 Å². The Balaban J connectivity index is 1.94. The fourth-order valence-electron chi connectivity index (χ4n) is 2.01. The monoisotopic (exact) mass is 391 g/mol. The van der Waals surface area contributed by atoms with Gasteiger partial charge < -0.3 is 4.74 Å². The molecule has 0 fully saturated rings. The van der Waals surface area contributed by atoms with E-state index in [4.69, 9.17) is 11.6 Å². The number of hydrogen-bond donors (Lipinski definition) is 0. The number of rotatable bonds is 9. The summed E-state index contributed by atoms with van der Waals surface area (Å²) in [6.45, 7) is 3.09. The van der Waals surface area contributed by atoms with E-state index in [1.54, 1.807) is 18.2 Å². The van der Waals surface area contributed by atoms with Crippen LogP contribution in [0.25, 0.3) is 11.4 Å². The summed E-state index contributed by atoms with van der Waals surface area (Å²) in [5.41, 5.74) is 0.874. The highest BCUT2D eigenvalue weighted by atomic mass is 35.5. The van der Waals surface area contributed by atoms with Gasteiger partial charge in [-0.3, -0.25) is 4.57 Å². The van der Waals surface area contributed by atoms with Gasteiger partial charge >= 0.3 is 6.18 Å². The van der Waals surface area contributed by atoms with Gasteiger partial charge in [0.2, 0.25) is 0 Å². The van der Waals surface area contributed by atoms with E-state index < -0.39 is 12.8 Å². The summed E-state index contributed by atoms with van der Waals surface area (Å²) in [5.74, 6) is 1.26. The molecule has 0 aliphatic carbocycles. The van der Waals surface area contributed by atoms with Crippen molar-refractivity contribution in [2.45, 2.75) is 24.3 Å². The van der Waals surface area contributed by atoms with Crippen molar-refractivity contribution >= 4 is 23.4 Å². The first-order chi connectivity index (χ1) is 11.9. The summed E-state index contributed by atoms with van der Waals surface area (Å²) in [6, 6.07) is 7.25. The van der Waals surface area contributed by atoms with Crippen LogP contribution in [0.2, 0.25) is 5.02 Å². The third-order valence-corrected chi connectivity index (χ3v) is 4.37. The molecule has 1 aromatic carbocycles. The predicted molar refractivity (Wildman–Crippen MR) is 92.9 cm³/mol. The van der Waals surface area contributed by atoms with Crippen LogP contribution in [0.4, 0.5) is 13.2 Å². The number of alkyl halides is 3. The van der Waals surface area contributed by atoms with E-state index in [-0.39, 0.29) is 6.61 Å². The molecule has 1 aromatic heterocycles. The molecule has 0 bridgehead atoms. The quantitative estimate of drug-likeness (QED) is 0.348. The molecule has 0 radical (unpaired) electrons. The third-order valence-electron chi connectivity index (χ3n) is 3.06. The van der Waals surface area contributed by atoms with Crippen molar-refractivity contribution in [1.82, 2.24) is 14.8 Å². The van der Waals surface area contributed by atoms with E-state index in [1.807, 2.05) is 16.7 Å². The first-order valence-electron chi connectivity index (χ1n) is 7.48. The molecule has 2 rings (SSSR count). The van der Waals surface area contributed by atoms with Gasteiger partial charge in [0.05, 0.1) is 0 Å². The number of thioether (sulfide) groups is 1. The lowest BCUT2D eigenvalue weighted by Gasteiger charge is -2.09. The Hall–Kier alpha value is -1.51. The van der Waals surface area contributed by atoms with E-state index in [9.17, 15) is 13.2 Å². The largest absolute Gasteiger partial charge is 0.411 e. The van der Waals surface area contributed by atoms with Crippen molar-refractivity contribution in [3.8, 4) is 11.4 Å². The highest BCUT2D eigenvalue weighted by Crippen LogP contribution is 2.25. The van der Waals surface area contributed by atoms with E-state index in [2.05, 4.69) is 21.5 Å². The molecule has 0 saturated heterocycles. The zero-order valence-corrected chi connectivity index (χ0v) is 14.9. The molecule has 0 aliphatic heterocycles. The van der Waals surface area contributed by atoms with Crippen molar-refractivity contribution in [3.05, 3.63) is 41.9 Å². The van der Waals surface area contributed by atoms with Gasteiger partial charge in [-0.25, -0.2) is 0 Å². The maximum absolute atomic E-state index is 12.0. The van der Waals surface area contributed by atoms with E-state index in [0.717, 1.165) is 5.56 Å². The summed E-state index contributed by atoms with van der Waals surface area (Å²) < 4.78 is 42.5. The van der Waals surface area contributed by atoms with Crippen LogP contribution in [0.1, 0.15) is 6.42 Å². The SMILES string of the molecule is C=CCn1c(SCCCOCC(F)(F)F)nnc1-c1ccc(Cl)cc1. The Labute approximate surface area is 153 Å². The van der Waals surface area contributed by atoms with Gasteiger partial charge in [0.1, 0.15) is 6.61 Å². The van der Waals surface area contributed by atoms with E-state index in [1.165, 1.54) is 11.8 Å². The normalized spacial score (nSPS) is 11.7. The average Bonchev–Trinajstić information content (AvgIpc) is 2.94. The molecule has 0 N–H and O–H groups in total. The minimum atomic E-state index is -4.29. The molecule has 0 saturated carbocycles. The molecule has 0 atom stereocenters. The maximum Gasteiger partial charge on any atom is 0.411 e. The number of hydrogen-bond acceptors (Lipinski definition) is 4. The van der Waals surface area contributed by atoms with Gasteiger partial charge in [-0.15, -0.1) is 16.8 Å². The van der Waals surface area contributed by atoms with Crippen LogP contribution in [-0.4, -0.2) is 39.9 Å². The highest BCUT2D eigenvalue weighted by Gasteiger charge is 2.27. The molecule has 0 amide bonds. The smallest absolute Gasteiger partial charge is 0.372 e. The summed E-state index contributed by atoms with van der Waals surface area (Å²) in [6.07, 6.45) is -2.07. The third kappa shape index (κ3) is 6.37. The van der Waals surface area contributed by atoms with E-state index >= 15 is 0 Å². The fraction of sp³-hybridized carbons (Fsp3) is 0.375. The number of nitrogens with zero attached hydrogens (tertiary/aromatic N) is 3. The molecule has 4 nitrogen and oxygen atoms in total. The van der Waals surface area contributed by atoms with Crippen molar-refractivity contribution in [2.75, 3.05) is 19.0 Å². The molecular formula is C16H17ClF3N3OS. The lowest BCUT2D eigenvalue weighted by atomic mass is 10.2. The minimum Gasteiger partial charge on any atom is -0.372 e. The minimum absolute atomic E-state index is 0.0478. The van der Waals surface area contributed by atoms with Crippen LogP contribution in [0.3, 0.4) is 0 Å². The number of ether oxygens (including phenoxy) is 1. The summed E-state index contributed by atoms with van der Waals surface area (Å²) in [4.78, 5) is 0. The van der Waals surface area contributed by atoms with Crippen molar-refractivity contribution in [3.63, 3.8) is 0 Å². The number of allylic oxidation sites excluding steroid dienone is 1. The summed E-state index contributed by atoms with van der Waals surface area (Å²) in [7, 11) is 0. The lowest BCUT2D eigenvalue weighted by molar-refractivity contribution is -0.173. The zero-order valence-electron chi connectivity index (χ0n) is 13.3. The number of aromatic nitrogens is 3. The second-order valence-electron chi connectivity index (χ2n) is 5.08. The summed E-state index contributed by atoms with van der Waals surface area (Å²) >= 11 is 7.32. The fourth-order valence-corrected chi connectivity index (χ4v) is 3.00. The Morgan fingerprint density at radius 2 is 1.96 bits per heavy atom. The van der Waals surface area contributed by atoms with Gasteiger partial charge in [0, 0.05) is 29.5 Å². The Morgan fingerprint density at radius 1 is 1.24 bits per heavy atom. The average molecular weight is 392 g/mol. The molecule has 1 heterocycles. The summed E-state index contributed by atoms with van der Waals surface area (Å²) in [5, 5.41) is 9.68. The first-order valence-corrected chi connectivity index (χ1v) is 8.84. The Kier molecular flexibility index (Phi) is 7.34. The van der Waals surface area contributed by atoms with Gasteiger partial charge in [-0.1, -0.05) is 29.4 Å². The molecule has 25 heavy (non-hydrogen) atoms. The number of halogens is 4. The van der Waals surface area contributed by atoms with Gasteiger partial charge in [-0.2, -0.15) is 13.2 Å². The standard InChI is InChI=1S/C16H17ClF3N3OS/c1-2-8-23-14(12-4-6-13(17)7-5-12)21-22-15(23)25-10-3-9-24-11-16(18,19)20/h2,4-7H,1,3,8-11H2. The predicted octanol–water partition coefficient (Wildman–Crippen LogP) is 4.85. The number of benzene rings is 1. The van der Waals surface area contributed by atoms with Gasteiger partial charge in [0.25, 0.3) is 0 Å². The molecule has 0 spiro atoms. The topological polar surface area (TPSA) is 39.9 Å². The van der Waals surface area contributed by atoms with Crippen molar-refractivity contribution in [2.24, 2.45) is 0 Å². The molecule has 0 aliphatic rings. The molecule has 2 aromatic rings. The molecular weight excluding hydrogens is 375 g/mol. The molecule has 0 unspecified atom stereocenters. The van der Waals surface area contributed by atoms with Crippen LogP contribution in [0.15, 0.2) is 42.1 Å². The van der Waals surface area contributed by atoms with Gasteiger partial charge in [0.15, 0.2) is 11.0 Å². The zero-order chi connectivity index (χ0) is 18.3. The second kappa shape index (κ2) is 9.26. The van der Waals surface area contributed by atoms with Crippen molar-refractivity contribution < 1.29 is 17.9 Å².